The molecule has 0 unspecified atom stereocenters. The Morgan fingerprint density at radius 2 is 1.78 bits per heavy atom. The summed E-state index contributed by atoms with van der Waals surface area (Å²) in [6, 6.07) is 10.1. The highest BCUT2D eigenvalue weighted by atomic mass is 32.1. The lowest BCUT2D eigenvalue weighted by atomic mass is 10.1. The van der Waals surface area contributed by atoms with Crippen LogP contribution in [0, 0.1) is 0 Å². The number of thiazole rings is 1. The normalized spacial score (nSPS) is 11.0. The van der Waals surface area contributed by atoms with E-state index in [-0.39, 0.29) is 0 Å². The second kappa shape index (κ2) is 6.06. The molecule has 6 heteroatoms. The van der Waals surface area contributed by atoms with Gasteiger partial charge < -0.3 is 4.52 Å². The zero-order valence-corrected chi connectivity index (χ0v) is 14.0. The molecule has 0 aliphatic carbocycles. The fourth-order valence-electron chi connectivity index (χ4n) is 2.24. The van der Waals surface area contributed by atoms with Gasteiger partial charge >= 0.3 is 0 Å². The van der Waals surface area contributed by atoms with Crippen LogP contribution in [0.25, 0.3) is 34.1 Å². The summed E-state index contributed by atoms with van der Waals surface area (Å²) in [5.41, 5.74) is 4.02. The molecule has 114 valence electrons. The van der Waals surface area contributed by atoms with Gasteiger partial charge in [0.2, 0.25) is 5.82 Å². The first kappa shape index (κ1) is 14.3. The summed E-state index contributed by atoms with van der Waals surface area (Å²) in [5.74, 6) is 1.16. The van der Waals surface area contributed by atoms with Gasteiger partial charge in [-0.15, -0.1) is 11.3 Å². The molecule has 23 heavy (non-hydrogen) atoms. The number of aryl methyl sites for hydroxylation is 1. The van der Waals surface area contributed by atoms with Gasteiger partial charge in [0.15, 0.2) is 0 Å². The van der Waals surface area contributed by atoms with E-state index < -0.39 is 0 Å². The number of nitrogens with zero attached hydrogens (tertiary/aromatic N) is 3. The number of aromatic nitrogens is 3. The number of rotatable bonds is 4. The first-order valence-corrected chi connectivity index (χ1v) is 9.07. The van der Waals surface area contributed by atoms with Gasteiger partial charge in [-0.3, -0.25) is 0 Å². The lowest BCUT2D eigenvalue weighted by Gasteiger charge is -1.98. The van der Waals surface area contributed by atoms with E-state index in [4.69, 9.17) is 4.52 Å². The summed E-state index contributed by atoms with van der Waals surface area (Å²) in [6.07, 6.45) is 0.969. The molecular weight excluding hydrogens is 326 g/mol. The Hall–Kier alpha value is -2.31. The molecule has 0 aliphatic rings. The average molecular weight is 339 g/mol. The molecule has 4 nitrogen and oxygen atoms in total. The van der Waals surface area contributed by atoms with Crippen molar-refractivity contribution in [2.45, 2.75) is 13.3 Å². The van der Waals surface area contributed by atoms with Crippen LogP contribution in [0.3, 0.4) is 0 Å². The standard InChI is InChI=1S/C17H13N3OS2/c1-2-15-18-14(10-23-15)11-3-5-12(6-4-11)16-19-17(21-20-16)13-7-8-22-9-13/h3-10H,2H2,1H3. The van der Waals surface area contributed by atoms with Crippen LogP contribution in [0.5, 0.6) is 0 Å². The molecule has 0 saturated heterocycles. The Labute approximate surface area is 141 Å². The van der Waals surface area contributed by atoms with E-state index in [9.17, 15) is 0 Å². The number of benzene rings is 1. The fraction of sp³-hybridized carbons (Fsp3) is 0.118. The molecule has 0 aliphatic heterocycles. The average Bonchev–Trinajstić information content (AvgIpc) is 3.34. The molecule has 4 aromatic rings. The van der Waals surface area contributed by atoms with Crippen molar-refractivity contribution in [2.75, 3.05) is 0 Å². The highest BCUT2D eigenvalue weighted by Crippen LogP contribution is 2.27. The van der Waals surface area contributed by atoms with E-state index in [1.165, 1.54) is 0 Å². The molecule has 4 rings (SSSR count). The van der Waals surface area contributed by atoms with E-state index in [1.807, 2.05) is 41.1 Å². The predicted molar refractivity (Wildman–Crippen MR) is 93.5 cm³/mol. The Morgan fingerprint density at radius 3 is 2.48 bits per heavy atom. The molecule has 0 amide bonds. The topological polar surface area (TPSA) is 51.8 Å². The molecule has 3 aromatic heterocycles. The Kier molecular flexibility index (Phi) is 3.77. The molecule has 0 atom stereocenters. The summed E-state index contributed by atoms with van der Waals surface area (Å²) < 4.78 is 5.33. The molecule has 0 radical (unpaired) electrons. The lowest BCUT2D eigenvalue weighted by Crippen LogP contribution is -1.83. The van der Waals surface area contributed by atoms with Crippen LogP contribution in [-0.2, 0) is 6.42 Å². The third-order valence-corrected chi connectivity index (χ3v) is 5.16. The first-order valence-electron chi connectivity index (χ1n) is 7.25. The van der Waals surface area contributed by atoms with E-state index in [2.05, 4.69) is 27.4 Å². The monoisotopic (exact) mass is 339 g/mol. The maximum Gasteiger partial charge on any atom is 0.259 e. The van der Waals surface area contributed by atoms with Crippen molar-refractivity contribution >= 4 is 22.7 Å². The zero-order chi connectivity index (χ0) is 15.6. The number of hydrogen-bond acceptors (Lipinski definition) is 6. The van der Waals surface area contributed by atoms with Crippen molar-refractivity contribution < 1.29 is 4.52 Å². The molecule has 0 N–H and O–H groups in total. The van der Waals surface area contributed by atoms with Gasteiger partial charge in [0.1, 0.15) is 0 Å². The van der Waals surface area contributed by atoms with Crippen LogP contribution in [0.15, 0.2) is 51.0 Å². The maximum absolute atomic E-state index is 5.33. The number of thiophene rings is 1. The summed E-state index contributed by atoms with van der Waals surface area (Å²) >= 11 is 3.31. The van der Waals surface area contributed by atoms with Crippen LogP contribution >= 0.6 is 22.7 Å². The van der Waals surface area contributed by atoms with Crippen LogP contribution in [0.1, 0.15) is 11.9 Å². The molecule has 3 heterocycles. The predicted octanol–water partition coefficient (Wildman–Crippen LogP) is 5.15. The summed E-state index contributed by atoms with van der Waals surface area (Å²) in [5, 5.41) is 11.3. The molecule has 0 fully saturated rings. The SMILES string of the molecule is CCc1nc(-c2ccc(-c3noc(-c4ccsc4)n3)cc2)cs1. The fourth-order valence-corrected chi connectivity index (χ4v) is 3.62. The van der Waals surface area contributed by atoms with Gasteiger partial charge in [0.05, 0.1) is 16.3 Å². The Balaban J connectivity index is 1.61. The van der Waals surface area contributed by atoms with E-state index in [0.717, 1.165) is 33.8 Å². The second-order valence-electron chi connectivity index (χ2n) is 4.99. The minimum Gasteiger partial charge on any atom is -0.334 e. The minimum absolute atomic E-state index is 0.553. The third kappa shape index (κ3) is 2.83. The minimum atomic E-state index is 0.553. The van der Waals surface area contributed by atoms with Gasteiger partial charge in [0, 0.05) is 21.9 Å². The molecule has 0 spiro atoms. The van der Waals surface area contributed by atoms with Crippen molar-refractivity contribution in [2.24, 2.45) is 0 Å². The third-order valence-electron chi connectivity index (χ3n) is 3.49. The highest BCUT2D eigenvalue weighted by molar-refractivity contribution is 7.10. The van der Waals surface area contributed by atoms with Gasteiger partial charge in [-0.2, -0.15) is 16.3 Å². The second-order valence-corrected chi connectivity index (χ2v) is 6.72. The largest absolute Gasteiger partial charge is 0.334 e. The van der Waals surface area contributed by atoms with Gasteiger partial charge in [-0.25, -0.2) is 4.98 Å². The Bertz CT molecular complexity index is 908. The summed E-state index contributed by atoms with van der Waals surface area (Å²) in [6.45, 7) is 2.12. The van der Waals surface area contributed by atoms with Crippen molar-refractivity contribution in [3.05, 3.63) is 51.5 Å². The molecule has 1 aromatic carbocycles. The van der Waals surface area contributed by atoms with Crippen LogP contribution in [0.4, 0.5) is 0 Å². The van der Waals surface area contributed by atoms with Gasteiger partial charge in [-0.1, -0.05) is 36.3 Å². The summed E-state index contributed by atoms with van der Waals surface area (Å²) in [7, 11) is 0. The van der Waals surface area contributed by atoms with Crippen molar-refractivity contribution in [3.8, 4) is 34.1 Å². The van der Waals surface area contributed by atoms with E-state index >= 15 is 0 Å². The van der Waals surface area contributed by atoms with Crippen LogP contribution in [-0.4, -0.2) is 15.1 Å². The number of hydrogen-bond donors (Lipinski definition) is 0. The van der Waals surface area contributed by atoms with E-state index in [1.54, 1.807) is 22.7 Å². The molecule has 0 saturated carbocycles. The summed E-state index contributed by atoms with van der Waals surface area (Å²) in [4.78, 5) is 9.07. The van der Waals surface area contributed by atoms with E-state index in [0.29, 0.717) is 11.7 Å². The highest BCUT2D eigenvalue weighted by Gasteiger charge is 2.11. The molecular formula is C17H13N3OS2. The van der Waals surface area contributed by atoms with Gasteiger partial charge in [0.25, 0.3) is 5.89 Å². The zero-order valence-electron chi connectivity index (χ0n) is 12.4. The first-order chi connectivity index (χ1) is 11.3. The van der Waals surface area contributed by atoms with Crippen molar-refractivity contribution in [1.29, 1.82) is 0 Å². The van der Waals surface area contributed by atoms with Crippen molar-refractivity contribution in [3.63, 3.8) is 0 Å². The quantitative estimate of drug-likeness (QED) is 0.516. The lowest BCUT2D eigenvalue weighted by molar-refractivity contribution is 0.432. The Morgan fingerprint density at radius 1 is 0.957 bits per heavy atom. The van der Waals surface area contributed by atoms with Crippen LogP contribution < -0.4 is 0 Å². The van der Waals surface area contributed by atoms with Gasteiger partial charge in [-0.05, 0) is 17.9 Å². The molecule has 0 bridgehead atoms. The van der Waals surface area contributed by atoms with Crippen LogP contribution in [0.2, 0.25) is 0 Å². The maximum atomic E-state index is 5.33. The smallest absolute Gasteiger partial charge is 0.259 e. The van der Waals surface area contributed by atoms with Crippen molar-refractivity contribution in [1.82, 2.24) is 15.1 Å².